The van der Waals surface area contributed by atoms with Crippen molar-refractivity contribution in [3.8, 4) is 0 Å². The van der Waals surface area contributed by atoms with Crippen LogP contribution in [-0.2, 0) is 0 Å². The number of aliphatic hydroxyl groups excluding tert-OH is 3. The highest BCUT2D eigenvalue weighted by atomic mass is 16.4. The van der Waals surface area contributed by atoms with Crippen molar-refractivity contribution in [1.82, 2.24) is 0 Å². The molecular formula is C15H16O7. The maximum atomic E-state index is 10.7. The maximum absolute atomic E-state index is 10.7. The van der Waals surface area contributed by atoms with Gasteiger partial charge in [0.05, 0.1) is 24.3 Å². The summed E-state index contributed by atoms with van der Waals surface area (Å²) >= 11 is 0. The van der Waals surface area contributed by atoms with Crippen LogP contribution in [0.25, 0.3) is 10.8 Å². The zero-order valence-corrected chi connectivity index (χ0v) is 11.5. The van der Waals surface area contributed by atoms with E-state index in [0.717, 1.165) is 0 Å². The molecule has 0 aliphatic carbocycles. The molecule has 2 aromatic rings. The number of carboxylic acids is 2. The molecule has 2 rings (SSSR count). The largest absolute Gasteiger partial charge is 0.478 e. The van der Waals surface area contributed by atoms with E-state index < -0.39 is 18.0 Å². The highest BCUT2D eigenvalue weighted by molar-refractivity contribution is 5.97. The van der Waals surface area contributed by atoms with Crippen molar-refractivity contribution in [2.75, 3.05) is 13.2 Å². The first-order chi connectivity index (χ1) is 10.4. The monoisotopic (exact) mass is 308 g/mol. The van der Waals surface area contributed by atoms with Crippen LogP contribution in [0.4, 0.5) is 0 Å². The Morgan fingerprint density at radius 2 is 1.18 bits per heavy atom. The van der Waals surface area contributed by atoms with Crippen LogP contribution in [0.5, 0.6) is 0 Å². The number of hydrogen-bond donors (Lipinski definition) is 5. The zero-order valence-electron chi connectivity index (χ0n) is 11.5. The Morgan fingerprint density at radius 1 is 0.818 bits per heavy atom. The Balaban J connectivity index is 0.000000346. The van der Waals surface area contributed by atoms with Crippen LogP contribution in [0.15, 0.2) is 36.4 Å². The molecule has 7 nitrogen and oxygen atoms in total. The highest BCUT2D eigenvalue weighted by Gasteiger charge is 2.06. The second-order valence-electron chi connectivity index (χ2n) is 4.41. The van der Waals surface area contributed by atoms with Gasteiger partial charge in [0.1, 0.15) is 6.10 Å². The van der Waals surface area contributed by atoms with Gasteiger partial charge in [0, 0.05) is 0 Å². The van der Waals surface area contributed by atoms with Crippen molar-refractivity contribution >= 4 is 22.7 Å². The van der Waals surface area contributed by atoms with Gasteiger partial charge in [-0.3, -0.25) is 0 Å². The van der Waals surface area contributed by atoms with Gasteiger partial charge in [-0.2, -0.15) is 0 Å². The van der Waals surface area contributed by atoms with Crippen LogP contribution in [-0.4, -0.2) is 56.8 Å². The van der Waals surface area contributed by atoms with Crippen LogP contribution < -0.4 is 0 Å². The van der Waals surface area contributed by atoms with Gasteiger partial charge < -0.3 is 25.5 Å². The zero-order chi connectivity index (χ0) is 16.7. The molecule has 0 atom stereocenters. The SMILES string of the molecule is O=C(O)c1ccc2cc(C(=O)O)ccc2c1.OCC(O)CO. The van der Waals surface area contributed by atoms with Crippen molar-refractivity contribution in [3.05, 3.63) is 47.5 Å². The minimum atomic E-state index is -0.996. The molecule has 22 heavy (non-hydrogen) atoms. The minimum absolute atomic E-state index is 0.190. The Hall–Kier alpha value is -2.48. The van der Waals surface area contributed by atoms with Crippen LogP contribution >= 0.6 is 0 Å². The van der Waals surface area contributed by atoms with E-state index in [1.165, 1.54) is 24.3 Å². The Bertz CT molecular complexity index is 609. The molecule has 0 amide bonds. The smallest absolute Gasteiger partial charge is 0.335 e. The highest BCUT2D eigenvalue weighted by Crippen LogP contribution is 2.18. The van der Waals surface area contributed by atoms with Gasteiger partial charge in [-0.1, -0.05) is 12.1 Å². The topological polar surface area (TPSA) is 135 Å². The standard InChI is InChI=1S/C12H8O4.C3H8O3/c13-11(14)9-3-1-7-5-10(12(15)16)4-2-8(7)6-9;4-1-3(6)2-5/h1-6H,(H,13,14)(H,15,16);3-6H,1-2H2. The lowest BCUT2D eigenvalue weighted by Gasteiger charge is -2.01. The summed E-state index contributed by atoms with van der Waals surface area (Å²) in [6.45, 7) is -0.729. The fraction of sp³-hybridized carbons (Fsp3) is 0.200. The van der Waals surface area contributed by atoms with Gasteiger partial charge >= 0.3 is 11.9 Å². The Kier molecular flexibility index (Phi) is 6.46. The summed E-state index contributed by atoms with van der Waals surface area (Å²) in [7, 11) is 0. The second kappa shape index (κ2) is 8.08. The molecular weight excluding hydrogens is 292 g/mol. The molecule has 0 heterocycles. The number of fused-ring (bicyclic) bond motifs is 1. The summed E-state index contributed by atoms with van der Waals surface area (Å²) in [5.74, 6) is -1.99. The average Bonchev–Trinajstić information content (AvgIpc) is 2.53. The first-order valence-electron chi connectivity index (χ1n) is 6.29. The Labute approximate surface area is 125 Å². The molecule has 5 N–H and O–H groups in total. The van der Waals surface area contributed by atoms with Crippen LogP contribution in [0, 0.1) is 0 Å². The molecule has 0 saturated heterocycles. The predicted molar refractivity (Wildman–Crippen MR) is 78.0 cm³/mol. The van der Waals surface area contributed by atoms with E-state index in [2.05, 4.69) is 0 Å². The number of hydrogen-bond acceptors (Lipinski definition) is 5. The third-order valence-corrected chi connectivity index (χ3v) is 2.76. The molecule has 0 saturated carbocycles. The lowest BCUT2D eigenvalue weighted by Crippen LogP contribution is -2.15. The van der Waals surface area contributed by atoms with E-state index in [0.29, 0.717) is 10.8 Å². The van der Waals surface area contributed by atoms with Crippen LogP contribution in [0.2, 0.25) is 0 Å². The first-order valence-corrected chi connectivity index (χ1v) is 6.29. The third-order valence-electron chi connectivity index (χ3n) is 2.76. The molecule has 0 aliphatic rings. The fourth-order valence-electron chi connectivity index (χ4n) is 1.57. The molecule has 0 radical (unpaired) electrons. The summed E-state index contributed by atoms with van der Waals surface area (Å²) in [5.41, 5.74) is 0.381. The van der Waals surface area contributed by atoms with Gasteiger partial charge in [0.15, 0.2) is 0 Å². The maximum Gasteiger partial charge on any atom is 0.335 e. The summed E-state index contributed by atoms with van der Waals surface area (Å²) in [5, 5.41) is 43.0. The van der Waals surface area contributed by atoms with E-state index in [1.54, 1.807) is 12.1 Å². The number of aliphatic hydroxyl groups is 3. The molecule has 118 valence electrons. The molecule has 0 bridgehead atoms. The molecule has 0 aromatic heterocycles. The number of carbonyl (C=O) groups is 2. The van der Waals surface area contributed by atoms with Gasteiger partial charge in [-0.05, 0) is 35.0 Å². The van der Waals surface area contributed by atoms with Crippen molar-refractivity contribution < 1.29 is 35.1 Å². The number of benzene rings is 2. The van der Waals surface area contributed by atoms with Crippen LogP contribution in [0.1, 0.15) is 20.7 Å². The number of carboxylic acid groups (broad SMARTS) is 2. The molecule has 0 spiro atoms. The summed E-state index contributed by atoms with van der Waals surface area (Å²) in [4.78, 5) is 21.5. The normalized spacial score (nSPS) is 10.2. The van der Waals surface area contributed by atoms with E-state index in [1.807, 2.05) is 0 Å². The predicted octanol–water partition coefficient (Wildman–Crippen LogP) is 0.568. The van der Waals surface area contributed by atoms with Gasteiger partial charge in [-0.25, -0.2) is 9.59 Å². The lowest BCUT2D eigenvalue weighted by atomic mass is 10.0. The average molecular weight is 308 g/mol. The van der Waals surface area contributed by atoms with E-state index in [-0.39, 0.29) is 24.3 Å². The Morgan fingerprint density at radius 3 is 1.41 bits per heavy atom. The molecule has 2 aromatic carbocycles. The van der Waals surface area contributed by atoms with Crippen molar-refractivity contribution in [3.63, 3.8) is 0 Å². The molecule has 0 fully saturated rings. The number of aromatic carboxylic acids is 2. The summed E-state index contributed by atoms with van der Waals surface area (Å²) in [6.07, 6.45) is -0.954. The second-order valence-corrected chi connectivity index (χ2v) is 4.41. The lowest BCUT2D eigenvalue weighted by molar-refractivity contribution is 0.0450. The van der Waals surface area contributed by atoms with Gasteiger partial charge in [-0.15, -0.1) is 0 Å². The quantitative estimate of drug-likeness (QED) is 0.557. The van der Waals surface area contributed by atoms with Gasteiger partial charge in [0.2, 0.25) is 0 Å². The van der Waals surface area contributed by atoms with E-state index in [4.69, 9.17) is 25.5 Å². The fourth-order valence-corrected chi connectivity index (χ4v) is 1.57. The third kappa shape index (κ3) is 4.81. The summed E-state index contributed by atoms with van der Waals surface area (Å²) in [6, 6.07) is 9.15. The molecule has 0 aliphatic heterocycles. The first kappa shape index (κ1) is 17.6. The van der Waals surface area contributed by atoms with Crippen LogP contribution in [0.3, 0.4) is 0 Å². The van der Waals surface area contributed by atoms with Crippen molar-refractivity contribution in [2.24, 2.45) is 0 Å². The molecule has 7 heteroatoms. The molecule has 0 unspecified atom stereocenters. The number of rotatable bonds is 4. The van der Waals surface area contributed by atoms with Crippen molar-refractivity contribution in [1.29, 1.82) is 0 Å². The summed E-state index contributed by atoms with van der Waals surface area (Å²) < 4.78 is 0. The van der Waals surface area contributed by atoms with E-state index in [9.17, 15) is 9.59 Å². The minimum Gasteiger partial charge on any atom is -0.478 e. The van der Waals surface area contributed by atoms with Gasteiger partial charge in [0.25, 0.3) is 0 Å². The van der Waals surface area contributed by atoms with E-state index >= 15 is 0 Å². The van der Waals surface area contributed by atoms with Crippen molar-refractivity contribution in [2.45, 2.75) is 6.10 Å².